The quantitative estimate of drug-likeness (QED) is 0.0321. The molecule has 0 fully saturated rings. The second-order valence-electron chi connectivity index (χ2n) is 21.4. The van der Waals surface area contributed by atoms with E-state index in [-0.39, 0.29) is 18.5 Å². The van der Waals surface area contributed by atoms with Crippen LogP contribution in [0.5, 0.6) is 0 Å². The molecule has 2 unspecified atom stereocenters. The fraction of sp³-hybridized carbons (Fsp3) is 0.846. The summed E-state index contributed by atoms with van der Waals surface area (Å²) >= 11 is 0. The molecule has 6 nitrogen and oxygen atoms in total. The number of esters is 1. The molecule has 2 atom stereocenters. The van der Waals surface area contributed by atoms with Crippen molar-refractivity contribution in [2.24, 2.45) is 0 Å². The molecular formula is C65H121NO5. The van der Waals surface area contributed by atoms with Gasteiger partial charge in [0.25, 0.3) is 0 Å². The molecule has 0 radical (unpaired) electrons. The van der Waals surface area contributed by atoms with Crippen LogP contribution in [0.25, 0.3) is 0 Å². The van der Waals surface area contributed by atoms with E-state index in [9.17, 15) is 19.8 Å². The molecule has 0 aliphatic rings. The van der Waals surface area contributed by atoms with Crippen LogP contribution in [0.15, 0.2) is 48.6 Å². The van der Waals surface area contributed by atoms with Gasteiger partial charge in [0.05, 0.1) is 25.4 Å². The van der Waals surface area contributed by atoms with E-state index in [1.54, 1.807) is 6.08 Å². The van der Waals surface area contributed by atoms with Gasteiger partial charge in [-0.25, -0.2) is 0 Å². The largest absolute Gasteiger partial charge is 0.466 e. The Balaban J connectivity index is 3.50. The maximum Gasteiger partial charge on any atom is 0.305 e. The molecule has 416 valence electrons. The van der Waals surface area contributed by atoms with Crippen molar-refractivity contribution in [1.29, 1.82) is 0 Å². The molecule has 0 rings (SSSR count). The van der Waals surface area contributed by atoms with Gasteiger partial charge >= 0.3 is 5.97 Å². The molecule has 0 aromatic rings. The number of hydrogen-bond acceptors (Lipinski definition) is 5. The van der Waals surface area contributed by atoms with Gasteiger partial charge in [0, 0.05) is 12.8 Å². The summed E-state index contributed by atoms with van der Waals surface area (Å²) in [4.78, 5) is 24.6. The van der Waals surface area contributed by atoms with Crippen molar-refractivity contribution in [1.82, 2.24) is 5.32 Å². The Kier molecular flexibility index (Phi) is 58.5. The first-order chi connectivity index (χ1) is 35.0. The normalized spacial score (nSPS) is 12.9. The van der Waals surface area contributed by atoms with Crippen LogP contribution in [0.4, 0.5) is 0 Å². The van der Waals surface area contributed by atoms with Crippen LogP contribution < -0.4 is 5.32 Å². The van der Waals surface area contributed by atoms with E-state index < -0.39 is 12.1 Å². The highest BCUT2D eigenvalue weighted by atomic mass is 16.5. The predicted octanol–water partition coefficient (Wildman–Crippen LogP) is 19.7. The average Bonchev–Trinajstić information content (AvgIpc) is 3.37. The van der Waals surface area contributed by atoms with Crippen LogP contribution in [-0.2, 0) is 14.3 Å². The molecule has 0 heterocycles. The number of aliphatic hydroxyl groups excluding tert-OH is 2. The number of nitrogens with one attached hydrogen (secondary N) is 1. The van der Waals surface area contributed by atoms with E-state index in [0.717, 1.165) is 70.6 Å². The van der Waals surface area contributed by atoms with Gasteiger partial charge in [-0.2, -0.15) is 0 Å². The highest BCUT2D eigenvalue weighted by Crippen LogP contribution is 2.17. The number of hydrogen-bond donors (Lipinski definition) is 3. The number of unbranched alkanes of at least 4 members (excludes halogenated alkanes) is 41. The molecule has 3 N–H and O–H groups in total. The number of amides is 1. The van der Waals surface area contributed by atoms with Gasteiger partial charge in [-0.3, -0.25) is 9.59 Å². The fourth-order valence-electron chi connectivity index (χ4n) is 9.48. The lowest BCUT2D eigenvalue weighted by atomic mass is 10.0. The zero-order valence-corrected chi connectivity index (χ0v) is 47.5. The molecule has 71 heavy (non-hydrogen) atoms. The Morgan fingerprint density at radius 1 is 0.394 bits per heavy atom. The van der Waals surface area contributed by atoms with Crippen molar-refractivity contribution >= 4 is 11.9 Å². The second kappa shape index (κ2) is 60.4. The zero-order valence-electron chi connectivity index (χ0n) is 47.5. The topological polar surface area (TPSA) is 95.9 Å². The SMILES string of the molecule is CCCCCC/C=C\C/C=C\CCCCCCCCCC(=O)OCCCCCCCCC/C=C\CCCCCCCC(=O)NC(CO)C(O)/C=C/CCCCCCCCCCCCCCCCCCCC. The number of aliphatic hydroxyl groups is 2. The minimum Gasteiger partial charge on any atom is -0.466 e. The van der Waals surface area contributed by atoms with Crippen LogP contribution >= 0.6 is 0 Å². The Morgan fingerprint density at radius 3 is 1.10 bits per heavy atom. The third-order valence-electron chi connectivity index (χ3n) is 14.3. The van der Waals surface area contributed by atoms with Gasteiger partial charge in [-0.05, 0) is 89.9 Å². The van der Waals surface area contributed by atoms with Gasteiger partial charge in [0.2, 0.25) is 5.91 Å². The van der Waals surface area contributed by atoms with Crippen molar-refractivity contribution in [2.45, 2.75) is 341 Å². The summed E-state index contributed by atoms with van der Waals surface area (Å²) in [6.45, 7) is 4.87. The lowest BCUT2D eigenvalue weighted by Gasteiger charge is -2.20. The number of carbonyl (C=O) groups excluding carboxylic acids is 2. The third kappa shape index (κ3) is 57.0. The minimum absolute atomic E-state index is 0.0112. The average molecular weight is 997 g/mol. The maximum absolute atomic E-state index is 12.5. The molecule has 0 aromatic heterocycles. The lowest BCUT2D eigenvalue weighted by Crippen LogP contribution is -2.45. The van der Waals surface area contributed by atoms with E-state index in [0.29, 0.717) is 19.4 Å². The van der Waals surface area contributed by atoms with E-state index in [1.165, 1.54) is 231 Å². The highest BCUT2D eigenvalue weighted by Gasteiger charge is 2.18. The summed E-state index contributed by atoms with van der Waals surface area (Å²) in [6, 6.07) is -0.642. The molecule has 0 aromatic carbocycles. The first kappa shape index (κ1) is 68.8. The van der Waals surface area contributed by atoms with Gasteiger partial charge in [-0.15, -0.1) is 0 Å². The summed E-state index contributed by atoms with van der Waals surface area (Å²) in [6.07, 6.45) is 77.1. The van der Waals surface area contributed by atoms with Crippen molar-refractivity contribution in [3.05, 3.63) is 48.6 Å². The van der Waals surface area contributed by atoms with Crippen molar-refractivity contribution in [3.63, 3.8) is 0 Å². The molecule has 0 spiro atoms. The van der Waals surface area contributed by atoms with Gasteiger partial charge < -0.3 is 20.3 Å². The molecule has 6 heteroatoms. The van der Waals surface area contributed by atoms with Crippen molar-refractivity contribution in [3.8, 4) is 0 Å². The standard InChI is InChI=1S/C65H121NO5/c1-3-5-7-9-11-13-15-17-19-21-23-24-25-29-33-37-41-45-49-53-57-63(68)62(61-67)66-64(69)58-54-50-46-42-38-34-30-27-28-32-36-40-44-48-52-56-60-71-65(70)59-55-51-47-43-39-35-31-26-22-20-18-16-14-12-10-8-6-4-2/h14,16,20,22,27,30,53,57,62-63,67-68H,3-13,15,17-19,21,23-26,28-29,31-52,54-56,58-61H2,1-2H3,(H,66,69)/b16-14-,22-20-,30-27-,57-53+. The Morgan fingerprint density at radius 2 is 0.704 bits per heavy atom. The third-order valence-corrected chi connectivity index (χ3v) is 14.3. The number of carbonyl (C=O) groups is 2. The van der Waals surface area contributed by atoms with Crippen molar-refractivity contribution < 1.29 is 24.5 Å². The predicted molar refractivity (Wildman–Crippen MR) is 310 cm³/mol. The molecule has 1 amide bonds. The fourth-order valence-corrected chi connectivity index (χ4v) is 9.48. The summed E-state index contributed by atoms with van der Waals surface area (Å²) < 4.78 is 5.48. The van der Waals surface area contributed by atoms with E-state index >= 15 is 0 Å². The number of rotatable bonds is 58. The Hall–Kier alpha value is -2.18. The van der Waals surface area contributed by atoms with Crippen LogP contribution in [-0.4, -0.2) is 47.4 Å². The molecule has 0 aliphatic heterocycles. The van der Waals surface area contributed by atoms with Crippen molar-refractivity contribution in [2.75, 3.05) is 13.2 Å². The van der Waals surface area contributed by atoms with E-state index in [4.69, 9.17) is 4.74 Å². The Labute approximate surface area is 442 Å². The first-order valence-electron chi connectivity index (χ1n) is 31.4. The first-order valence-corrected chi connectivity index (χ1v) is 31.4. The highest BCUT2D eigenvalue weighted by molar-refractivity contribution is 5.76. The van der Waals surface area contributed by atoms with Crippen LogP contribution in [0.2, 0.25) is 0 Å². The minimum atomic E-state index is -0.857. The summed E-state index contributed by atoms with van der Waals surface area (Å²) in [5.74, 6) is -0.0948. The lowest BCUT2D eigenvalue weighted by molar-refractivity contribution is -0.143. The van der Waals surface area contributed by atoms with Crippen LogP contribution in [0.1, 0.15) is 328 Å². The molecule has 0 saturated heterocycles. The second-order valence-corrected chi connectivity index (χ2v) is 21.4. The number of ether oxygens (including phenoxy) is 1. The zero-order chi connectivity index (χ0) is 51.4. The molecular weight excluding hydrogens is 875 g/mol. The summed E-state index contributed by atoms with van der Waals surface area (Å²) in [5, 5.41) is 23.2. The van der Waals surface area contributed by atoms with Crippen LogP contribution in [0.3, 0.4) is 0 Å². The van der Waals surface area contributed by atoms with Gasteiger partial charge in [0.1, 0.15) is 0 Å². The summed E-state index contributed by atoms with van der Waals surface area (Å²) in [5.41, 5.74) is 0. The monoisotopic (exact) mass is 996 g/mol. The van der Waals surface area contributed by atoms with Gasteiger partial charge in [0.15, 0.2) is 0 Å². The Bertz CT molecular complexity index is 1190. The van der Waals surface area contributed by atoms with Gasteiger partial charge in [-0.1, -0.05) is 274 Å². The smallest absolute Gasteiger partial charge is 0.305 e. The summed E-state index contributed by atoms with van der Waals surface area (Å²) in [7, 11) is 0. The molecule has 0 bridgehead atoms. The number of allylic oxidation sites excluding steroid dienone is 7. The maximum atomic E-state index is 12.5. The van der Waals surface area contributed by atoms with Crippen LogP contribution in [0, 0.1) is 0 Å². The molecule has 0 aliphatic carbocycles. The van der Waals surface area contributed by atoms with E-state index in [1.807, 2.05) is 6.08 Å². The molecule has 0 saturated carbocycles. The van der Waals surface area contributed by atoms with E-state index in [2.05, 4.69) is 55.6 Å².